The minimum absolute atomic E-state index is 0.0534. The van der Waals surface area contributed by atoms with Gasteiger partial charge in [0, 0.05) is 26.2 Å². The summed E-state index contributed by atoms with van der Waals surface area (Å²) in [7, 11) is 2.13. The second kappa shape index (κ2) is 25.0. The molecule has 1 saturated heterocycles. The van der Waals surface area contributed by atoms with Crippen LogP contribution in [0.4, 0.5) is 0 Å². The molecule has 1 aliphatic rings. The average molecular weight is 559 g/mol. The number of carboxylic acid groups (broad SMARTS) is 2. The van der Waals surface area contributed by atoms with Crippen LogP contribution in [0, 0.1) is 0 Å². The van der Waals surface area contributed by atoms with Crippen LogP contribution in [0.15, 0.2) is 12.2 Å². The number of aliphatic hydroxyl groups excluding tert-OH is 2. The third-order valence-electron chi connectivity index (χ3n) is 6.67. The lowest BCUT2D eigenvalue weighted by molar-refractivity contribution is -0.165. The van der Waals surface area contributed by atoms with Crippen molar-refractivity contribution in [1.29, 1.82) is 0 Å². The number of carboxylic acids is 2. The average Bonchev–Trinajstić information content (AvgIpc) is 2.91. The molecule has 2 atom stereocenters. The fourth-order valence-electron chi connectivity index (χ4n) is 4.04. The lowest BCUT2D eigenvalue weighted by Gasteiger charge is -2.31. The molecule has 0 aromatic carbocycles. The highest BCUT2D eigenvalue weighted by atomic mass is 16.5. The Labute approximate surface area is 235 Å². The highest BCUT2D eigenvalue weighted by Gasteiger charge is 2.29. The van der Waals surface area contributed by atoms with Crippen molar-refractivity contribution in [3.8, 4) is 0 Å². The molecule has 0 saturated carbocycles. The highest BCUT2D eigenvalue weighted by molar-refractivity contribution is 5.83. The zero-order chi connectivity index (χ0) is 29.3. The molecule has 2 unspecified atom stereocenters. The lowest BCUT2D eigenvalue weighted by atomic mass is 10.1. The number of carbonyl (C=O) groups is 3. The molecule has 1 aliphatic heterocycles. The largest absolute Gasteiger partial charge is 0.479 e. The number of carbonyl (C=O) groups excluding carboxylic acids is 1. The Bertz CT molecular complexity index is 648. The Morgan fingerprint density at radius 1 is 0.718 bits per heavy atom. The number of nitrogens with zero attached hydrogens (tertiary/aromatic N) is 2. The highest BCUT2D eigenvalue weighted by Crippen LogP contribution is 2.10. The predicted octanol–water partition coefficient (Wildman–Crippen LogP) is 3.69. The summed E-state index contributed by atoms with van der Waals surface area (Å²) in [4.78, 5) is 35.9. The Balaban J connectivity index is 0.00000122. The van der Waals surface area contributed by atoms with Gasteiger partial charge in [-0.3, -0.25) is 9.69 Å². The van der Waals surface area contributed by atoms with E-state index in [1.807, 2.05) is 0 Å². The number of likely N-dealkylation sites (N-methyl/N-ethyl adjacent to an activating group) is 1. The quantitative estimate of drug-likeness (QED) is 0.0934. The number of esters is 1. The number of aliphatic hydroxyl groups is 2. The van der Waals surface area contributed by atoms with E-state index < -0.39 is 24.1 Å². The van der Waals surface area contributed by atoms with Gasteiger partial charge in [-0.05, 0) is 39.2 Å². The summed E-state index contributed by atoms with van der Waals surface area (Å²) in [6.07, 6.45) is 18.4. The number of hydrogen-bond acceptors (Lipinski definition) is 8. The van der Waals surface area contributed by atoms with E-state index in [1.165, 1.54) is 83.5 Å². The van der Waals surface area contributed by atoms with E-state index in [-0.39, 0.29) is 5.97 Å². The van der Waals surface area contributed by atoms with Crippen molar-refractivity contribution in [3.05, 3.63) is 12.2 Å². The van der Waals surface area contributed by atoms with Gasteiger partial charge >= 0.3 is 17.9 Å². The van der Waals surface area contributed by atoms with Gasteiger partial charge in [-0.25, -0.2) is 9.59 Å². The molecule has 1 heterocycles. The monoisotopic (exact) mass is 558 g/mol. The first-order valence-corrected chi connectivity index (χ1v) is 14.7. The molecule has 228 valence electrons. The zero-order valence-electron chi connectivity index (χ0n) is 24.3. The van der Waals surface area contributed by atoms with Crippen molar-refractivity contribution < 1.29 is 39.5 Å². The zero-order valence-corrected chi connectivity index (χ0v) is 24.3. The Hall–Kier alpha value is -2.01. The number of piperazine rings is 1. The van der Waals surface area contributed by atoms with Gasteiger partial charge in [0.25, 0.3) is 0 Å². The molecule has 0 amide bonds. The molecule has 0 aromatic heterocycles. The summed E-state index contributed by atoms with van der Waals surface area (Å²) in [5.74, 6) is -3.59. The summed E-state index contributed by atoms with van der Waals surface area (Å²) < 4.78 is 5.39. The van der Waals surface area contributed by atoms with E-state index in [4.69, 9.17) is 25.2 Å². The summed E-state index contributed by atoms with van der Waals surface area (Å²) in [5.41, 5.74) is 0. The maximum absolute atomic E-state index is 11.9. The third-order valence-corrected chi connectivity index (χ3v) is 6.67. The summed E-state index contributed by atoms with van der Waals surface area (Å²) in [6.45, 7) is 7.36. The van der Waals surface area contributed by atoms with E-state index in [2.05, 4.69) is 35.9 Å². The molecule has 1 rings (SSSR count). The molecule has 10 heteroatoms. The van der Waals surface area contributed by atoms with Crippen molar-refractivity contribution in [1.82, 2.24) is 9.80 Å². The van der Waals surface area contributed by atoms with Crippen LogP contribution in [0.25, 0.3) is 0 Å². The lowest BCUT2D eigenvalue weighted by Crippen LogP contribution is -2.46. The first-order chi connectivity index (χ1) is 18.7. The van der Waals surface area contributed by atoms with Crippen molar-refractivity contribution in [2.75, 3.05) is 46.4 Å². The van der Waals surface area contributed by atoms with E-state index in [0.717, 1.165) is 32.6 Å². The van der Waals surface area contributed by atoms with Gasteiger partial charge in [0.2, 0.25) is 0 Å². The summed E-state index contributed by atoms with van der Waals surface area (Å²) >= 11 is 0. The summed E-state index contributed by atoms with van der Waals surface area (Å²) in [5, 5.41) is 32.5. The van der Waals surface area contributed by atoms with Crippen LogP contribution < -0.4 is 0 Å². The normalized spacial score (nSPS) is 15.9. The van der Waals surface area contributed by atoms with Crippen LogP contribution >= 0.6 is 0 Å². The molecular formula is C29H54N2O8. The van der Waals surface area contributed by atoms with Crippen molar-refractivity contribution in [2.24, 2.45) is 0 Å². The molecule has 10 nitrogen and oxygen atoms in total. The van der Waals surface area contributed by atoms with Crippen LogP contribution in [0.3, 0.4) is 0 Å². The first-order valence-electron chi connectivity index (χ1n) is 14.7. The predicted molar refractivity (Wildman–Crippen MR) is 152 cm³/mol. The number of rotatable bonds is 21. The number of hydrogen-bond donors (Lipinski definition) is 4. The van der Waals surface area contributed by atoms with E-state index in [1.54, 1.807) is 0 Å². The Morgan fingerprint density at radius 3 is 1.62 bits per heavy atom. The van der Waals surface area contributed by atoms with Gasteiger partial charge in [-0.2, -0.15) is 0 Å². The van der Waals surface area contributed by atoms with Crippen LogP contribution in [-0.2, 0) is 19.1 Å². The first kappa shape index (κ1) is 37.0. The second-order valence-electron chi connectivity index (χ2n) is 10.3. The fraction of sp³-hybridized carbons (Fsp3) is 0.828. The van der Waals surface area contributed by atoms with Crippen LogP contribution in [-0.4, -0.2) is 107 Å². The van der Waals surface area contributed by atoms with E-state index in [0.29, 0.717) is 13.2 Å². The van der Waals surface area contributed by atoms with E-state index in [9.17, 15) is 14.4 Å². The molecular weight excluding hydrogens is 504 g/mol. The number of unbranched alkanes of at least 4 members (excludes halogenated alkanes) is 12. The van der Waals surface area contributed by atoms with Gasteiger partial charge in [-0.15, -0.1) is 0 Å². The van der Waals surface area contributed by atoms with Gasteiger partial charge < -0.3 is 30.1 Å². The molecule has 0 spiro atoms. The number of ether oxygens (including phenoxy) is 1. The molecule has 0 aliphatic carbocycles. The van der Waals surface area contributed by atoms with Crippen LogP contribution in [0.5, 0.6) is 0 Å². The van der Waals surface area contributed by atoms with Crippen molar-refractivity contribution >= 4 is 17.9 Å². The molecule has 0 bridgehead atoms. The minimum atomic E-state index is -2.27. The number of allylic oxidation sites excluding steroid dienone is 2. The molecule has 0 radical (unpaired) electrons. The Morgan fingerprint density at radius 2 is 1.15 bits per heavy atom. The number of aliphatic carboxylic acids is 2. The maximum Gasteiger partial charge on any atom is 0.335 e. The van der Waals surface area contributed by atoms with Crippen LogP contribution in [0.1, 0.15) is 96.8 Å². The van der Waals surface area contributed by atoms with Gasteiger partial charge in [-0.1, -0.05) is 76.9 Å². The second-order valence-corrected chi connectivity index (χ2v) is 10.3. The molecule has 1 fully saturated rings. The van der Waals surface area contributed by atoms with Gasteiger partial charge in [0.15, 0.2) is 12.2 Å². The fourth-order valence-corrected chi connectivity index (χ4v) is 4.04. The topological polar surface area (TPSA) is 148 Å². The van der Waals surface area contributed by atoms with Gasteiger partial charge in [0.1, 0.15) is 0 Å². The van der Waals surface area contributed by atoms with Crippen LogP contribution in [0.2, 0.25) is 0 Å². The molecule has 39 heavy (non-hydrogen) atoms. The molecule has 0 aromatic rings. The SMILES string of the molecule is CCCCCCCC/C=C\CCCCCCCCOC(=O)CN1CCN(C)CC1.O=C(O)C(O)C(O)C(=O)O. The van der Waals surface area contributed by atoms with Crippen molar-refractivity contribution in [2.45, 2.75) is 109 Å². The molecule has 4 N–H and O–H groups in total. The third kappa shape index (κ3) is 22.5. The van der Waals surface area contributed by atoms with E-state index >= 15 is 0 Å². The van der Waals surface area contributed by atoms with Gasteiger partial charge in [0.05, 0.1) is 13.2 Å². The summed E-state index contributed by atoms with van der Waals surface area (Å²) in [6, 6.07) is 0. The smallest absolute Gasteiger partial charge is 0.335 e. The standard InChI is InChI=1S/C25H48N2O2.C4H6O6/c1-3-4-5-6-7-8-9-10-11-12-13-14-15-16-17-18-23-29-25(28)24-27-21-19-26(2)20-22-27;5-1(3(7)8)2(6)4(9)10/h10-11H,3-9,12-24H2,1-2H3;1-2,5-6H,(H,7,8)(H,9,10)/b11-10-;. The Kier molecular flexibility index (Phi) is 23.7. The minimum Gasteiger partial charge on any atom is -0.479 e. The van der Waals surface area contributed by atoms with Crippen molar-refractivity contribution in [3.63, 3.8) is 0 Å². The maximum atomic E-state index is 11.9.